The molecule has 0 spiro atoms. The zero-order chi connectivity index (χ0) is 22.9. The number of nitrogens with zero attached hydrogens (tertiary/aromatic N) is 7. The Morgan fingerprint density at radius 1 is 1.00 bits per heavy atom. The molecule has 0 fully saturated rings. The van der Waals surface area contributed by atoms with Crippen LogP contribution in [0.5, 0.6) is 0 Å². The van der Waals surface area contributed by atoms with Crippen molar-refractivity contribution in [1.82, 2.24) is 29.9 Å². The monoisotopic (exact) mass is 424 g/mol. The topological polar surface area (TPSA) is 119 Å². The second kappa shape index (κ2) is 8.19. The van der Waals surface area contributed by atoms with Gasteiger partial charge in [-0.05, 0) is 37.3 Å². The molecule has 0 unspecified atom stereocenters. The molecule has 32 heavy (non-hydrogen) atoms. The number of hydrogen-bond donors (Lipinski definition) is 1. The fourth-order valence-corrected chi connectivity index (χ4v) is 3.37. The molecule has 3 aromatic heterocycles. The van der Waals surface area contributed by atoms with E-state index in [1.165, 1.54) is 0 Å². The summed E-state index contributed by atoms with van der Waals surface area (Å²) in [6.07, 6.45) is 0. The summed E-state index contributed by atoms with van der Waals surface area (Å²) < 4.78 is 1.80. The SMILES string of the molecule is Cc1c(-c2cc(-c3cccc(C#N)c3)nc(N)n2)nnn1Cc1cccc(C(C)(C)C)n1. The first kappa shape index (κ1) is 21.1. The maximum absolute atomic E-state index is 9.18. The number of rotatable bonds is 4. The summed E-state index contributed by atoms with van der Waals surface area (Å²) in [7, 11) is 0. The molecule has 4 rings (SSSR count). The van der Waals surface area contributed by atoms with E-state index in [1.807, 2.05) is 43.3 Å². The van der Waals surface area contributed by atoms with E-state index in [2.05, 4.69) is 47.1 Å². The van der Waals surface area contributed by atoms with Crippen molar-refractivity contribution in [3.63, 3.8) is 0 Å². The molecule has 0 atom stereocenters. The van der Waals surface area contributed by atoms with Gasteiger partial charge in [0, 0.05) is 16.7 Å². The van der Waals surface area contributed by atoms with Crippen molar-refractivity contribution in [3.8, 4) is 28.7 Å². The summed E-state index contributed by atoms with van der Waals surface area (Å²) in [5, 5.41) is 17.9. The molecule has 0 bridgehead atoms. The molecular formula is C24H24N8. The van der Waals surface area contributed by atoms with Crippen molar-refractivity contribution in [3.05, 3.63) is 71.2 Å². The van der Waals surface area contributed by atoms with Gasteiger partial charge >= 0.3 is 0 Å². The number of benzene rings is 1. The number of nitriles is 1. The van der Waals surface area contributed by atoms with E-state index in [0.29, 0.717) is 29.2 Å². The second-order valence-corrected chi connectivity index (χ2v) is 8.63. The summed E-state index contributed by atoms with van der Waals surface area (Å²) >= 11 is 0. The van der Waals surface area contributed by atoms with Gasteiger partial charge in [0.1, 0.15) is 5.69 Å². The standard InChI is InChI=1S/C24H24N8/c1-15-22(30-31-32(15)14-18-9-6-10-21(27-18)24(2,3)4)20-12-19(28-23(26)29-20)17-8-5-7-16(11-17)13-25/h5-12H,14H2,1-4H3,(H2,26,28,29). The lowest BCUT2D eigenvalue weighted by atomic mass is 9.91. The summed E-state index contributed by atoms with van der Waals surface area (Å²) in [5.74, 6) is 0.133. The van der Waals surface area contributed by atoms with Crippen molar-refractivity contribution < 1.29 is 0 Å². The lowest BCUT2D eigenvalue weighted by Crippen LogP contribution is -2.15. The summed E-state index contributed by atoms with van der Waals surface area (Å²) in [6.45, 7) is 8.86. The fourth-order valence-electron chi connectivity index (χ4n) is 3.37. The molecule has 4 aromatic rings. The molecule has 1 aromatic carbocycles. The lowest BCUT2D eigenvalue weighted by Gasteiger charge is -2.18. The number of hydrogen-bond acceptors (Lipinski definition) is 7. The first-order valence-corrected chi connectivity index (χ1v) is 10.3. The Balaban J connectivity index is 1.68. The Bertz CT molecular complexity index is 1320. The minimum absolute atomic E-state index is 0.0314. The Morgan fingerprint density at radius 3 is 2.50 bits per heavy atom. The van der Waals surface area contributed by atoms with Gasteiger partial charge in [-0.1, -0.05) is 44.2 Å². The Morgan fingerprint density at radius 2 is 1.75 bits per heavy atom. The zero-order valence-electron chi connectivity index (χ0n) is 18.5. The summed E-state index contributed by atoms with van der Waals surface area (Å²) in [6, 6.07) is 17.2. The van der Waals surface area contributed by atoms with Crippen molar-refractivity contribution in [2.45, 2.75) is 39.7 Å². The molecule has 2 N–H and O–H groups in total. The smallest absolute Gasteiger partial charge is 0.221 e. The van der Waals surface area contributed by atoms with Crippen LogP contribution in [0.25, 0.3) is 22.6 Å². The maximum Gasteiger partial charge on any atom is 0.221 e. The van der Waals surface area contributed by atoms with Crippen LogP contribution in [-0.2, 0) is 12.0 Å². The average Bonchev–Trinajstić information content (AvgIpc) is 3.13. The van der Waals surface area contributed by atoms with Crippen LogP contribution in [-0.4, -0.2) is 29.9 Å². The third kappa shape index (κ3) is 4.32. The molecule has 0 aliphatic heterocycles. The highest BCUT2D eigenvalue weighted by atomic mass is 15.4. The normalized spacial score (nSPS) is 11.3. The largest absolute Gasteiger partial charge is 0.368 e. The molecule has 0 saturated carbocycles. The Hall–Kier alpha value is -4.12. The number of nitrogen functional groups attached to an aromatic ring is 1. The van der Waals surface area contributed by atoms with E-state index in [-0.39, 0.29) is 11.4 Å². The van der Waals surface area contributed by atoms with Gasteiger partial charge in [-0.25, -0.2) is 14.6 Å². The van der Waals surface area contributed by atoms with Gasteiger partial charge in [0.15, 0.2) is 0 Å². The first-order valence-electron chi connectivity index (χ1n) is 10.3. The quantitative estimate of drug-likeness (QED) is 0.527. The highest BCUT2D eigenvalue weighted by Crippen LogP contribution is 2.26. The molecule has 0 radical (unpaired) electrons. The van der Waals surface area contributed by atoms with Crippen molar-refractivity contribution in [2.24, 2.45) is 0 Å². The molecule has 8 nitrogen and oxygen atoms in total. The van der Waals surface area contributed by atoms with Gasteiger partial charge in [0.2, 0.25) is 5.95 Å². The maximum atomic E-state index is 9.18. The van der Waals surface area contributed by atoms with E-state index < -0.39 is 0 Å². The number of anilines is 1. The molecule has 0 aliphatic rings. The molecule has 0 aliphatic carbocycles. The van der Waals surface area contributed by atoms with Gasteiger partial charge in [0.25, 0.3) is 0 Å². The number of aromatic nitrogens is 6. The second-order valence-electron chi connectivity index (χ2n) is 8.63. The minimum Gasteiger partial charge on any atom is -0.368 e. The van der Waals surface area contributed by atoms with E-state index in [9.17, 15) is 5.26 Å². The fraction of sp³-hybridized carbons (Fsp3) is 0.250. The predicted molar refractivity (Wildman–Crippen MR) is 122 cm³/mol. The summed E-state index contributed by atoms with van der Waals surface area (Å²) in [4.78, 5) is 13.5. The third-order valence-corrected chi connectivity index (χ3v) is 5.14. The Labute approximate surface area is 186 Å². The van der Waals surface area contributed by atoms with E-state index >= 15 is 0 Å². The van der Waals surface area contributed by atoms with Crippen molar-refractivity contribution in [1.29, 1.82) is 5.26 Å². The molecule has 160 valence electrons. The van der Waals surface area contributed by atoms with Crippen molar-refractivity contribution >= 4 is 5.95 Å². The van der Waals surface area contributed by atoms with Crippen molar-refractivity contribution in [2.75, 3.05) is 5.73 Å². The zero-order valence-corrected chi connectivity index (χ0v) is 18.5. The first-order chi connectivity index (χ1) is 15.2. The van der Waals surface area contributed by atoms with Crippen LogP contribution < -0.4 is 5.73 Å². The lowest BCUT2D eigenvalue weighted by molar-refractivity contribution is 0.557. The highest BCUT2D eigenvalue weighted by Gasteiger charge is 2.18. The van der Waals surface area contributed by atoms with Crippen LogP contribution in [0.4, 0.5) is 5.95 Å². The molecule has 8 heteroatoms. The average molecular weight is 425 g/mol. The third-order valence-electron chi connectivity index (χ3n) is 5.14. The highest BCUT2D eigenvalue weighted by molar-refractivity contribution is 5.69. The molecule has 0 saturated heterocycles. The minimum atomic E-state index is -0.0314. The summed E-state index contributed by atoms with van der Waals surface area (Å²) in [5.41, 5.74) is 11.9. The van der Waals surface area contributed by atoms with E-state index in [4.69, 9.17) is 10.7 Å². The van der Waals surface area contributed by atoms with E-state index in [1.54, 1.807) is 16.8 Å². The van der Waals surface area contributed by atoms with Crippen LogP contribution in [0.2, 0.25) is 0 Å². The Kier molecular flexibility index (Phi) is 5.41. The number of pyridine rings is 1. The molecule has 0 amide bonds. The van der Waals surface area contributed by atoms with E-state index in [0.717, 1.165) is 22.6 Å². The van der Waals surface area contributed by atoms with Crippen LogP contribution in [0.15, 0.2) is 48.5 Å². The van der Waals surface area contributed by atoms with Gasteiger partial charge in [-0.15, -0.1) is 5.10 Å². The van der Waals surface area contributed by atoms with Crippen LogP contribution in [0, 0.1) is 18.3 Å². The van der Waals surface area contributed by atoms with Crippen LogP contribution in [0.3, 0.4) is 0 Å². The van der Waals surface area contributed by atoms with Crippen LogP contribution in [0.1, 0.15) is 43.4 Å². The van der Waals surface area contributed by atoms with Gasteiger partial charge in [-0.2, -0.15) is 5.26 Å². The van der Waals surface area contributed by atoms with Gasteiger partial charge < -0.3 is 5.73 Å². The van der Waals surface area contributed by atoms with Gasteiger partial charge in [0.05, 0.1) is 41.0 Å². The predicted octanol–water partition coefficient (Wildman–Crippen LogP) is 3.91. The van der Waals surface area contributed by atoms with Crippen LogP contribution >= 0.6 is 0 Å². The molecule has 3 heterocycles. The van der Waals surface area contributed by atoms with Gasteiger partial charge in [-0.3, -0.25) is 4.98 Å². The molecular weight excluding hydrogens is 400 g/mol. The number of nitrogens with two attached hydrogens (primary N) is 1.